The Morgan fingerprint density at radius 1 is 1.00 bits per heavy atom. The molecule has 0 saturated heterocycles. The second-order valence-corrected chi connectivity index (χ2v) is 7.30. The van der Waals surface area contributed by atoms with Crippen molar-refractivity contribution in [2.45, 2.75) is 57.9 Å². The van der Waals surface area contributed by atoms with Gasteiger partial charge < -0.3 is 5.32 Å². The second-order valence-electron chi connectivity index (χ2n) is 6.93. The Bertz CT molecular complexity index is 747. The first kappa shape index (κ1) is 18.6. The molecule has 3 amide bonds. The van der Waals surface area contributed by atoms with Crippen LogP contribution in [0.3, 0.4) is 0 Å². The largest absolute Gasteiger partial charge is 0.326 e. The van der Waals surface area contributed by atoms with E-state index in [4.69, 9.17) is 11.6 Å². The maximum atomic E-state index is 13.0. The highest BCUT2D eigenvalue weighted by atomic mass is 35.5. The number of benzene rings is 1. The molecule has 1 aliphatic heterocycles. The van der Waals surface area contributed by atoms with Gasteiger partial charge in [-0.05, 0) is 30.5 Å². The molecular weight excluding hydrogens is 352 g/mol. The van der Waals surface area contributed by atoms with Crippen LogP contribution in [0.2, 0.25) is 0 Å². The SMILES string of the molecule is CC(=O)Nc1ccc(C2=C(Cl)C(=O)N(C3CCCCCCC3)C2=O)cc1. The van der Waals surface area contributed by atoms with Crippen molar-refractivity contribution < 1.29 is 14.4 Å². The highest BCUT2D eigenvalue weighted by Gasteiger charge is 2.41. The number of carbonyl (C=O) groups excluding carboxylic acids is 3. The fraction of sp³-hybridized carbons (Fsp3) is 0.450. The van der Waals surface area contributed by atoms with Crippen LogP contribution in [0, 0.1) is 0 Å². The van der Waals surface area contributed by atoms with E-state index in [0.29, 0.717) is 11.3 Å². The van der Waals surface area contributed by atoms with Crippen LogP contribution in [0.4, 0.5) is 5.69 Å². The van der Waals surface area contributed by atoms with Crippen molar-refractivity contribution in [3.63, 3.8) is 0 Å². The van der Waals surface area contributed by atoms with E-state index < -0.39 is 0 Å². The van der Waals surface area contributed by atoms with Gasteiger partial charge in [0.25, 0.3) is 11.8 Å². The van der Waals surface area contributed by atoms with E-state index in [0.717, 1.165) is 38.5 Å². The van der Waals surface area contributed by atoms with Crippen molar-refractivity contribution in [2.24, 2.45) is 0 Å². The zero-order valence-corrected chi connectivity index (χ0v) is 15.6. The predicted molar refractivity (Wildman–Crippen MR) is 101 cm³/mol. The standard InChI is InChI=1S/C20H23ClN2O3/c1-13(24)22-15-11-9-14(10-12-15)17-18(21)20(26)23(19(17)25)16-7-5-3-2-4-6-8-16/h9-12,16H,2-8H2,1H3,(H,22,24). The molecule has 1 aromatic rings. The predicted octanol–water partition coefficient (Wildman–Crippen LogP) is 4.08. The molecule has 138 valence electrons. The molecule has 2 aliphatic rings. The van der Waals surface area contributed by atoms with Gasteiger partial charge >= 0.3 is 0 Å². The molecule has 5 nitrogen and oxygen atoms in total. The molecule has 1 heterocycles. The van der Waals surface area contributed by atoms with Crippen molar-refractivity contribution in [3.8, 4) is 0 Å². The smallest absolute Gasteiger partial charge is 0.273 e. The van der Waals surface area contributed by atoms with Crippen LogP contribution in [-0.4, -0.2) is 28.7 Å². The Balaban J connectivity index is 1.82. The number of anilines is 1. The van der Waals surface area contributed by atoms with E-state index in [9.17, 15) is 14.4 Å². The minimum atomic E-state index is -0.386. The Morgan fingerprint density at radius 3 is 2.15 bits per heavy atom. The normalized spacial score (nSPS) is 19.5. The Labute approximate surface area is 158 Å². The first-order valence-electron chi connectivity index (χ1n) is 9.14. The number of hydrogen-bond acceptors (Lipinski definition) is 3. The van der Waals surface area contributed by atoms with E-state index in [1.807, 2.05) is 0 Å². The lowest BCUT2D eigenvalue weighted by molar-refractivity contribution is -0.139. The lowest BCUT2D eigenvalue weighted by Gasteiger charge is -2.28. The van der Waals surface area contributed by atoms with Crippen LogP contribution in [0.25, 0.3) is 5.57 Å². The molecule has 1 N–H and O–H groups in total. The number of nitrogens with one attached hydrogen (secondary N) is 1. The summed E-state index contributed by atoms with van der Waals surface area (Å²) in [6.45, 7) is 1.43. The molecule has 1 aliphatic carbocycles. The van der Waals surface area contributed by atoms with Crippen LogP contribution in [0.5, 0.6) is 0 Å². The summed E-state index contributed by atoms with van der Waals surface area (Å²) in [7, 11) is 0. The number of imide groups is 1. The van der Waals surface area contributed by atoms with Crippen molar-refractivity contribution >= 4 is 40.6 Å². The summed E-state index contributed by atoms with van der Waals surface area (Å²) in [5, 5.41) is 2.67. The minimum absolute atomic E-state index is 0.00987. The molecule has 0 aromatic heterocycles. The average Bonchev–Trinajstić information content (AvgIpc) is 2.78. The first-order chi connectivity index (χ1) is 12.5. The van der Waals surface area contributed by atoms with Crippen molar-refractivity contribution in [1.82, 2.24) is 4.90 Å². The third kappa shape index (κ3) is 3.83. The summed E-state index contributed by atoms with van der Waals surface area (Å²) in [5.74, 6) is -0.862. The van der Waals surface area contributed by atoms with Crippen molar-refractivity contribution in [3.05, 3.63) is 34.9 Å². The summed E-state index contributed by atoms with van der Waals surface area (Å²) >= 11 is 6.27. The topological polar surface area (TPSA) is 66.5 Å². The molecule has 26 heavy (non-hydrogen) atoms. The Kier molecular flexibility index (Phi) is 5.77. The highest BCUT2D eigenvalue weighted by Crippen LogP contribution is 2.35. The van der Waals surface area contributed by atoms with Crippen LogP contribution >= 0.6 is 11.6 Å². The Hall–Kier alpha value is -2.14. The van der Waals surface area contributed by atoms with Gasteiger partial charge in [-0.2, -0.15) is 0 Å². The fourth-order valence-electron chi connectivity index (χ4n) is 3.72. The zero-order chi connectivity index (χ0) is 18.7. The van der Waals surface area contributed by atoms with Gasteiger partial charge in [-0.3, -0.25) is 19.3 Å². The zero-order valence-electron chi connectivity index (χ0n) is 14.9. The van der Waals surface area contributed by atoms with Gasteiger partial charge in [-0.15, -0.1) is 0 Å². The van der Waals surface area contributed by atoms with E-state index in [1.54, 1.807) is 24.3 Å². The van der Waals surface area contributed by atoms with E-state index in [-0.39, 0.29) is 34.4 Å². The van der Waals surface area contributed by atoms with Gasteiger partial charge in [0.15, 0.2) is 0 Å². The average molecular weight is 375 g/mol. The third-order valence-electron chi connectivity index (χ3n) is 4.99. The van der Waals surface area contributed by atoms with Crippen LogP contribution in [-0.2, 0) is 14.4 Å². The summed E-state index contributed by atoms with van der Waals surface area (Å²) in [6, 6.07) is 6.74. The number of hydrogen-bond donors (Lipinski definition) is 1. The number of amides is 3. The lowest BCUT2D eigenvalue weighted by atomic mass is 9.95. The van der Waals surface area contributed by atoms with E-state index in [2.05, 4.69) is 5.32 Å². The van der Waals surface area contributed by atoms with Gasteiger partial charge in [-0.1, -0.05) is 55.8 Å². The minimum Gasteiger partial charge on any atom is -0.326 e. The monoisotopic (exact) mass is 374 g/mol. The summed E-state index contributed by atoms with van der Waals surface area (Å²) < 4.78 is 0. The molecule has 3 rings (SSSR count). The molecule has 0 bridgehead atoms. The van der Waals surface area contributed by atoms with Crippen LogP contribution in [0.1, 0.15) is 57.4 Å². The number of carbonyl (C=O) groups is 3. The summed E-state index contributed by atoms with van der Waals surface area (Å²) in [6.07, 6.45) is 7.25. The molecular formula is C20H23ClN2O3. The molecule has 0 unspecified atom stereocenters. The fourth-order valence-corrected chi connectivity index (χ4v) is 4.00. The van der Waals surface area contributed by atoms with E-state index in [1.165, 1.54) is 18.2 Å². The molecule has 1 saturated carbocycles. The van der Waals surface area contributed by atoms with Gasteiger partial charge in [0.2, 0.25) is 5.91 Å². The van der Waals surface area contributed by atoms with Crippen LogP contribution in [0.15, 0.2) is 29.3 Å². The molecule has 6 heteroatoms. The quantitative estimate of drug-likeness (QED) is 0.811. The molecule has 0 spiro atoms. The van der Waals surface area contributed by atoms with Gasteiger partial charge in [0, 0.05) is 18.7 Å². The second kappa shape index (κ2) is 8.04. The maximum Gasteiger partial charge on any atom is 0.273 e. The maximum absolute atomic E-state index is 13.0. The van der Waals surface area contributed by atoms with Crippen LogP contribution < -0.4 is 5.32 Å². The van der Waals surface area contributed by atoms with Crippen molar-refractivity contribution in [1.29, 1.82) is 0 Å². The molecule has 1 fully saturated rings. The highest BCUT2D eigenvalue weighted by molar-refractivity contribution is 6.55. The third-order valence-corrected chi connectivity index (χ3v) is 5.34. The Morgan fingerprint density at radius 2 is 1.58 bits per heavy atom. The van der Waals surface area contributed by atoms with Crippen molar-refractivity contribution in [2.75, 3.05) is 5.32 Å². The lowest BCUT2D eigenvalue weighted by Crippen LogP contribution is -2.41. The first-order valence-corrected chi connectivity index (χ1v) is 9.52. The number of halogens is 1. The number of nitrogens with zero attached hydrogens (tertiary/aromatic N) is 1. The number of rotatable bonds is 3. The molecule has 0 radical (unpaired) electrons. The van der Waals surface area contributed by atoms with E-state index >= 15 is 0 Å². The van der Waals surface area contributed by atoms with Gasteiger partial charge in [-0.25, -0.2) is 0 Å². The summed E-state index contributed by atoms with van der Waals surface area (Å²) in [5.41, 5.74) is 1.48. The van der Waals surface area contributed by atoms with Gasteiger partial charge in [0.05, 0.1) is 5.57 Å². The molecule has 1 aromatic carbocycles. The summed E-state index contributed by atoms with van der Waals surface area (Å²) in [4.78, 5) is 38.1. The van der Waals surface area contributed by atoms with Gasteiger partial charge in [0.1, 0.15) is 5.03 Å². The molecule has 0 atom stereocenters.